The number of carbonyl (C=O) groups is 2. The molecular weight excluding hydrogens is 353 g/mol. The summed E-state index contributed by atoms with van der Waals surface area (Å²) < 4.78 is 43.1. The average Bonchev–Trinajstić information content (AvgIpc) is 3.22. The summed E-state index contributed by atoms with van der Waals surface area (Å²) in [7, 11) is 0. The van der Waals surface area contributed by atoms with Gasteiger partial charge in [0.15, 0.2) is 0 Å². The van der Waals surface area contributed by atoms with Gasteiger partial charge in [0, 0.05) is 45.3 Å². The summed E-state index contributed by atoms with van der Waals surface area (Å²) in [6, 6.07) is 0.838. The Morgan fingerprint density at radius 2 is 1.92 bits per heavy atom. The molecule has 144 valence electrons. The zero-order chi connectivity index (χ0) is 18.9. The highest BCUT2D eigenvalue weighted by Crippen LogP contribution is 2.27. The van der Waals surface area contributed by atoms with Crippen LogP contribution in [0.4, 0.5) is 13.2 Å². The largest absolute Gasteiger partial charge is 0.471 e. The highest BCUT2D eigenvalue weighted by molar-refractivity contribution is 5.90. The molecule has 1 aromatic rings. The minimum Gasteiger partial charge on any atom is -0.361 e. The number of aromatic nitrogens is 1. The van der Waals surface area contributed by atoms with E-state index in [1.807, 2.05) is 13.0 Å². The van der Waals surface area contributed by atoms with Crippen LogP contribution in [-0.2, 0) is 16.1 Å². The molecule has 0 aliphatic carbocycles. The number of aryl methyl sites for hydroxylation is 1. The standard InChI is InChI=1S/C16H21F3N4O3/c1-11-9-12(20-26-11)10-21-5-7-22(8-6-21)14(24)13-3-2-4-23(13)15(25)16(17,18)19/h9,13H,2-8,10H2,1H3. The Morgan fingerprint density at radius 3 is 2.50 bits per heavy atom. The topological polar surface area (TPSA) is 69.9 Å². The van der Waals surface area contributed by atoms with E-state index in [0.29, 0.717) is 44.0 Å². The fourth-order valence-corrected chi connectivity index (χ4v) is 3.49. The first-order valence-electron chi connectivity index (χ1n) is 8.57. The smallest absolute Gasteiger partial charge is 0.361 e. The van der Waals surface area contributed by atoms with Crippen LogP contribution in [0.3, 0.4) is 0 Å². The molecular formula is C16H21F3N4O3. The predicted octanol–water partition coefficient (Wildman–Crippen LogP) is 1.18. The predicted molar refractivity (Wildman–Crippen MR) is 83.9 cm³/mol. The van der Waals surface area contributed by atoms with Crippen molar-refractivity contribution in [1.29, 1.82) is 0 Å². The number of nitrogens with zero attached hydrogens (tertiary/aromatic N) is 4. The van der Waals surface area contributed by atoms with E-state index in [9.17, 15) is 22.8 Å². The normalized spacial score (nSPS) is 22.1. The lowest BCUT2D eigenvalue weighted by atomic mass is 10.1. The van der Waals surface area contributed by atoms with Gasteiger partial charge in [-0.05, 0) is 19.8 Å². The molecule has 2 saturated heterocycles. The van der Waals surface area contributed by atoms with Crippen LogP contribution >= 0.6 is 0 Å². The molecule has 2 aliphatic heterocycles. The van der Waals surface area contributed by atoms with E-state index < -0.39 is 24.0 Å². The van der Waals surface area contributed by atoms with Crippen LogP contribution in [-0.4, -0.2) is 76.6 Å². The maximum Gasteiger partial charge on any atom is 0.471 e. The van der Waals surface area contributed by atoms with E-state index in [0.717, 1.165) is 11.5 Å². The Hall–Kier alpha value is -2.10. The Morgan fingerprint density at radius 1 is 1.23 bits per heavy atom. The van der Waals surface area contributed by atoms with Crippen molar-refractivity contribution in [3.63, 3.8) is 0 Å². The number of rotatable bonds is 3. The molecule has 1 unspecified atom stereocenters. The third-order valence-electron chi connectivity index (χ3n) is 4.79. The van der Waals surface area contributed by atoms with Crippen LogP contribution in [0, 0.1) is 6.92 Å². The fraction of sp³-hybridized carbons (Fsp3) is 0.688. The van der Waals surface area contributed by atoms with Crippen molar-refractivity contribution in [2.24, 2.45) is 0 Å². The van der Waals surface area contributed by atoms with Crippen LogP contribution in [0.2, 0.25) is 0 Å². The molecule has 3 heterocycles. The number of hydrogen-bond donors (Lipinski definition) is 0. The monoisotopic (exact) mass is 374 g/mol. The van der Waals surface area contributed by atoms with Crippen molar-refractivity contribution in [2.45, 2.75) is 38.5 Å². The molecule has 0 saturated carbocycles. The molecule has 0 aromatic carbocycles. The second-order valence-corrected chi connectivity index (χ2v) is 6.68. The fourth-order valence-electron chi connectivity index (χ4n) is 3.49. The van der Waals surface area contributed by atoms with E-state index in [2.05, 4.69) is 10.1 Å². The minimum absolute atomic E-state index is 0.0276. The molecule has 0 radical (unpaired) electrons. The molecule has 1 atom stereocenters. The molecule has 2 aliphatic rings. The highest BCUT2D eigenvalue weighted by Gasteiger charge is 2.48. The van der Waals surface area contributed by atoms with Gasteiger partial charge in [0.05, 0.1) is 5.69 Å². The van der Waals surface area contributed by atoms with Gasteiger partial charge in [-0.3, -0.25) is 14.5 Å². The summed E-state index contributed by atoms with van der Waals surface area (Å²) in [6.07, 6.45) is -4.26. The first kappa shape index (κ1) is 18.7. The summed E-state index contributed by atoms with van der Waals surface area (Å²) in [5.74, 6) is -1.59. The molecule has 2 fully saturated rings. The van der Waals surface area contributed by atoms with Gasteiger partial charge in [0.2, 0.25) is 5.91 Å². The Bertz CT molecular complexity index is 668. The zero-order valence-corrected chi connectivity index (χ0v) is 14.5. The summed E-state index contributed by atoms with van der Waals surface area (Å²) in [4.78, 5) is 28.5. The van der Waals surface area contributed by atoms with E-state index in [1.54, 1.807) is 4.90 Å². The van der Waals surface area contributed by atoms with E-state index in [4.69, 9.17) is 4.52 Å². The molecule has 2 amide bonds. The highest BCUT2D eigenvalue weighted by atomic mass is 19.4. The van der Waals surface area contributed by atoms with Crippen molar-refractivity contribution in [2.75, 3.05) is 32.7 Å². The van der Waals surface area contributed by atoms with Crippen LogP contribution in [0.15, 0.2) is 10.6 Å². The second kappa shape index (κ2) is 7.26. The molecule has 0 bridgehead atoms. The van der Waals surface area contributed by atoms with Crippen molar-refractivity contribution >= 4 is 11.8 Å². The van der Waals surface area contributed by atoms with Crippen molar-refractivity contribution < 1.29 is 27.3 Å². The first-order valence-corrected chi connectivity index (χ1v) is 8.57. The van der Waals surface area contributed by atoms with E-state index in [1.165, 1.54) is 0 Å². The lowest BCUT2D eigenvalue weighted by Crippen LogP contribution is -2.55. The molecule has 3 rings (SSSR count). The summed E-state index contributed by atoms with van der Waals surface area (Å²) >= 11 is 0. The molecule has 26 heavy (non-hydrogen) atoms. The summed E-state index contributed by atoms with van der Waals surface area (Å²) in [5.41, 5.74) is 0.806. The zero-order valence-electron chi connectivity index (χ0n) is 14.5. The van der Waals surface area contributed by atoms with Gasteiger partial charge in [-0.15, -0.1) is 0 Å². The number of carbonyl (C=O) groups excluding carboxylic acids is 2. The van der Waals surface area contributed by atoms with E-state index >= 15 is 0 Å². The number of piperazine rings is 1. The van der Waals surface area contributed by atoms with Crippen molar-refractivity contribution in [1.82, 2.24) is 19.9 Å². The van der Waals surface area contributed by atoms with Gasteiger partial charge < -0.3 is 14.3 Å². The maximum absolute atomic E-state index is 12.7. The number of likely N-dealkylation sites (tertiary alicyclic amines) is 1. The van der Waals surface area contributed by atoms with Crippen LogP contribution in [0.25, 0.3) is 0 Å². The number of alkyl halides is 3. The van der Waals surface area contributed by atoms with Crippen LogP contribution in [0.5, 0.6) is 0 Å². The summed E-state index contributed by atoms with van der Waals surface area (Å²) in [6.45, 7) is 4.40. The van der Waals surface area contributed by atoms with Gasteiger partial charge >= 0.3 is 12.1 Å². The Kier molecular flexibility index (Phi) is 5.22. The van der Waals surface area contributed by atoms with Gasteiger partial charge in [-0.2, -0.15) is 13.2 Å². The van der Waals surface area contributed by atoms with Gasteiger partial charge in [0.1, 0.15) is 11.8 Å². The van der Waals surface area contributed by atoms with Crippen LogP contribution < -0.4 is 0 Å². The van der Waals surface area contributed by atoms with Crippen molar-refractivity contribution in [3.05, 3.63) is 17.5 Å². The lowest BCUT2D eigenvalue weighted by molar-refractivity contribution is -0.187. The molecule has 10 heteroatoms. The Balaban J connectivity index is 1.55. The van der Waals surface area contributed by atoms with Crippen LogP contribution in [0.1, 0.15) is 24.3 Å². The van der Waals surface area contributed by atoms with Gasteiger partial charge in [0.25, 0.3) is 0 Å². The quantitative estimate of drug-likeness (QED) is 0.795. The maximum atomic E-state index is 12.7. The third kappa shape index (κ3) is 4.00. The number of amides is 2. The molecule has 0 N–H and O–H groups in total. The van der Waals surface area contributed by atoms with E-state index in [-0.39, 0.29) is 13.0 Å². The number of halogens is 3. The second-order valence-electron chi connectivity index (χ2n) is 6.68. The SMILES string of the molecule is Cc1cc(CN2CCN(C(=O)C3CCCN3C(=O)C(F)(F)F)CC2)no1. The number of hydrogen-bond acceptors (Lipinski definition) is 5. The lowest BCUT2D eigenvalue weighted by Gasteiger charge is -2.37. The summed E-state index contributed by atoms with van der Waals surface area (Å²) in [5, 5.41) is 3.93. The molecule has 1 aromatic heterocycles. The minimum atomic E-state index is -4.95. The third-order valence-corrected chi connectivity index (χ3v) is 4.79. The van der Waals surface area contributed by atoms with Crippen molar-refractivity contribution in [3.8, 4) is 0 Å². The van der Waals surface area contributed by atoms with Gasteiger partial charge in [-0.25, -0.2) is 0 Å². The molecule has 0 spiro atoms. The van der Waals surface area contributed by atoms with Gasteiger partial charge in [-0.1, -0.05) is 5.16 Å². The molecule has 7 nitrogen and oxygen atoms in total. The Labute approximate surface area is 148 Å². The first-order chi connectivity index (χ1) is 12.3. The average molecular weight is 374 g/mol.